The average Bonchev–Trinajstić information content (AvgIpc) is 2.66. The number of nitrogens with zero attached hydrogens (tertiary/aromatic N) is 1. The third kappa shape index (κ3) is 3.04. The summed E-state index contributed by atoms with van der Waals surface area (Å²) in [4.78, 5) is 13.4. The van der Waals surface area contributed by atoms with E-state index in [1.165, 1.54) is 0 Å². The first-order chi connectivity index (χ1) is 6.77. The Bertz CT molecular complexity index is 226. The van der Waals surface area contributed by atoms with E-state index in [9.17, 15) is 4.79 Å². The highest BCUT2D eigenvalue weighted by Gasteiger charge is 2.21. The van der Waals surface area contributed by atoms with E-state index in [1.807, 2.05) is 6.92 Å². The molecule has 0 spiro atoms. The largest absolute Gasteiger partial charge is 0.378 e. The molecule has 78 valence electrons. The van der Waals surface area contributed by atoms with Crippen molar-refractivity contribution in [2.24, 2.45) is 0 Å². The van der Waals surface area contributed by atoms with Crippen molar-refractivity contribution in [3.05, 3.63) is 0 Å². The van der Waals surface area contributed by atoms with Gasteiger partial charge in [0.15, 0.2) is 0 Å². The predicted octanol–water partition coefficient (Wildman–Crippen LogP) is 1.04. The van der Waals surface area contributed by atoms with Gasteiger partial charge >= 0.3 is 0 Å². The van der Waals surface area contributed by atoms with Crippen LogP contribution in [0.15, 0.2) is 0 Å². The lowest BCUT2D eigenvalue weighted by Gasteiger charge is -2.19. The highest BCUT2D eigenvalue weighted by Crippen LogP contribution is 2.16. The summed E-state index contributed by atoms with van der Waals surface area (Å²) < 4.78 is 5.40. The summed E-state index contributed by atoms with van der Waals surface area (Å²) >= 11 is 0. The number of ether oxygens (including phenoxy) is 1. The smallest absolute Gasteiger partial charge is 0.225 e. The van der Waals surface area contributed by atoms with Crippen molar-refractivity contribution >= 4 is 5.91 Å². The zero-order valence-electron chi connectivity index (χ0n) is 8.66. The molecule has 1 unspecified atom stereocenters. The Morgan fingerprint density at radius 3 is 3.00 bits per heavy atom. The zero-order chi connectivity index (χ0) is 10.4. The van der Waals surface area contributed by atoms with Gasteiger partial charge in [0.2, 0.25) is 5.91 Å². The normalized spacial score (nSPS) is 20.4. The lowest BCUT2D eigenvalue weighted by Crippen LogP contribution is -2.33. The third-order valence-electron chi connectivity index (χ3n) is 2.44. The van der Waals surface area contributed by atoms with Crippen LogP contribution in [0.1, 0.15) is 26.2 Å². The zero-order valence-corrected chi connectivity index (χ0v) is 8.66. The summed E-state index contributed by atoms with van der Waals surface area (Å²) in [6.07, 6.45) is 7.85. The van der Waals surface area contributed by atoms with E-state index < -0.39 is 0 Å². The van der Waals surface area contributed by atoms with Crippen molar-refractivity contribution in [1.82, 2.24) is 4.90 Å². The van der Waals surface area contributed by atoms with Crippen LogP contribution < -0.4 is 0 Å². The second kappa shape index (κ2) is 5.66. The topological polar surface area (TPSA) is 29.5 Å². The molecule has 1 heterocycles. The fraction of sp³-hybridized carbons (Fsp3) is 0.727. The number of hydrogen-bond acceptors (Lipinski definition) is 2. The van der Waals surface area contributed by atoms with E-state index in [4.69, 9.17) is 11.2 Å². The molecule has 0 saturated carbocycles. The molecule has 14 heavy (non-hydrogen) atoms. The molecular weight excluding hydrogens is 178 g/mol. The molecule has 1 aliphatic heterocycles. The maximum atomic E-state index is 11.7. The van der Waals surface area contributed by atoms with Gasteiger partial charge in [0.05, 0.1) is 19.1 Å². The van der Waals surface area contributed by atoms with Crippen LogP contribution in [0.25, 0.3) is 0 Å². The number of rotatable bonds is 4. The van der Waals surface area contributed by atoms with Crippen molar-refractivity contribution in [1.29, 1.82) is 0 Å². The van der Waals surface area contributed by atoms with Gasteiger partial charge in [-0.1, -0.05) is 5.92 Å². The molecule has 0 aliphatic carbocycles. The van der Waals surface area contributed by atoms with E-state index in [0.29, 0.717) is 19.5 Å². The fourth-order valence-corrected chi connectivity index (χ4v) is 1.62. The predicted molar refractivity (Wildman–Crippen MR) is 54.7 cm³/mol. The first kappa shape index (κ1) is 11.1. The molecule has 1 amide bonds. The molecular formula is C11H17NO2. The quantitative estimate of drug-likeness (QED) is 0.627. The fourth-order valence-electron chi connectivity index (χ4n) is 1.62. The summed E-state index contributed by atoms with van der Waals surface area (Å²) in [7, 11) is 0. The molecule has 1 saturated heterocycles. The molecule has 1 rings (SSSR count). The van der Waals surface area contributed by atoms with Crippen LogP contribution in [0.3, 0.4) is 0 Å². The van der Waals surface area contributed by atoms with Gasteiger partial charge in [-0.05, 0) is 19.8 Å². The first-order valence-electron chi connectivity index (χ1n) is 5.10. The van der Waals surface area contributed by atoms with Crippen molar-refractivity contribution in [3.63, 3.8) is 0 Å². The van der Waals surface area contributed by atoms with Crippen LogP contribution in [-0.4, -0.2) is 36.6 Å². The van der Waals surface area contributed by atoms with Crippen molar-refractivity contribution in [2.45, 2.75) is 32.3 Å². The van der Waals surface area contributed by atoms with Gasteiger partial charge < -0.3 is 9.64 Å². The monoisotopic (exact) mass is 195 g/mol. The Morgan fingerprint density at radius 2 is 2.50 bits per heavy atom. The average molecular weight is 195 g/mol. The molecule has 3 nitrogen and oxygen atoms in total. The Morgan fingerprint density at radius 1 is 1.71 bits per heavy atom. The molecule has 0 aromatic rings. The minimum Gasteiger partial charge on any atom is -0.378 e. The lowest BCUT2D eigenvalue weighted by molar-refractivity contribution is -0.132. The molecule has 0 bridgehead atoms. The standard InChI is InChI=1S/C11H17NO2/c1-3-7-12(4-2)11(13)9-10-6-5-8-14-10/h1,10H,4-9H2,2H3. The molecule has 1 aliphatic rings. The molecule has 1 fully saturated rings. The van der Waals surface area contributed by atoms with Gasteiger partial charge in [0.25, 0.3) is 0 Å². The third-order valence-corrected chi connectivity index (χ3v) is 2.44. The molecule has 0 aromatic heterocycles. The second-order valence-electron chi connectivity index (χ2n) is 3.45. The van der Waals surface area contributed by atoms with E-state index >= 15 is 0 Å². The molecule has 0 aromatic carbocycles. The Kier molecular flexibility index (Phi) is 4.48. The van der Waals surface area contributed by atoms with Gasteiger partial charge in [0.1, 0.15) is 0 Å². The van der Waals surface area contributed by atoms with Gasteiger partial charge in [-0.2, -0.15) is 0 Å². The first-order valence-corrected chi connectivity index (χ1v) is 5.10. The number of carbonyl (C=O) groups is 1. The van der Waals surface area contributed by atoms with Crippen LogP contribution >= 0.6 is 0 Å². The summed E-state index contributed by atoms with van der Waals surface area (Å²) in [5.74, 6) is 2.60. The van der Waals surface area contributed by atoms with Crippen molar-refractivity contribution in [2.75, 3.05) is 19.7 Å². The lowest BCUT2D eigenvalue weighted by atomic mass is 10.1. The van der Waals surface area contributed by atoms with Gasteiger partial charge in [-0.3, -0.25) is 4.79 Å². The molecule has 3 heteroatoms. The minimum atomic E-state index is 0.109. The van der Waals surface area contributed by atoms with E-state index in [1.54, 1.807) is 4.90 Å². The maximum Gasteiger partial charge on any atom is 0.225 e. The summed E-state index contributed by atoms with van der Waals surface area (Å²) in [5.41, 5.74) is 0. The van der Waals surface area contributed by atoms with E-state index in [2.05, 4.69) is 5.92 Å². The van der Waals surface area contributed by atoms with Crippen LogP contribution in [0.4, 0.5) is 0 Å². The second-order valence-corrected chi connectivity index (χ2v) is 3.45. The SMILES string of the molecule is C#CCN(CC)C(=O)CC1CCCO1. The molecule has 1 atom stereocenters. The van der Waals surface area contributed by atoms with Crippen LogP contribution in [0.2, 0.25) is 0 Å². The number of carbonyl (C=O) groups excluding carboxylic acids is 1. The Balaban J connectivity index is 2.35. The van der Waals surface area contributed by atoms with Crippen LogP contribution in [0, 0.1) is 12.3 Å². The highest BCUT2D eigenvalue weighted by molar-refractivity contribution is 5.77. The maximum absolute atomic E-state index is 11.7. The van der Waals surface area contributed by atoms with Gasteiger partial charge in [0, 0.05) is 13.2 Å². The summed E-state index contributed by atoms with van der Waals surface area (Å²) in [6.45, 7) is 3.81. The van der Waals surface area contributed by atoms with Gasteiger partial charge in [-0.25, -0.2) is 0 Å². The van der Waals surface area contributed by atoms with Crippen molar-refractivity contribution < 1.29 is 9.53 Å². The minimum absolute atomic E-state index is 0.109. The molecule has 0 radical (unpaired) electrons. The number of amides is 1. The van der Waals surface area contributed by atoms with Gasteiger partial charge in [-0.15, -0.1) is 6.42 Å². The van der Waals surface area contributed by atoms with E-state index in [0.717, 1.165) is 19.4 Å². The number of terminal acetylenes is 1. The van der Waals surface area contributed by atoms with Crippen LogP contribution in [-0.2, 0) is 9.53 Å². The Labute approximate surface area is 85.4 Å². The van der Waals surface area contributed by atoms with Crippen molar-refractivity contribution in [3.8, 4) is 12.3 Å². The summed E-state index contributed by atoms with van der Waals surface area (Å²) in [5, 5.41) is 0. The van der Waals surface area contributed by atoms with E-state index in [-0.39, 0.29) is 12.0 Å². The highest BCUT2D eigenvalue weighted by atomic mass is 16.5. The number of hydrogen-bond donors (Lipinski definition) is 0. The Hall–Kier alpha value is -1.01. The van der Waals surface area contributed by atoms with Crippen LogP contribution in [0.5, 0.6) is 0 Å². The summed E-state index contributed by atoms with van der Waals surface area (Å²) in [6, 6.07) is 0. The molecule has 0 N–H and O–H groups in total.